The molecule has 0 aliphatic carbocycles. The Labute approximate surface area is 163 Å². The normalized spacial score (nSPS) is 17.6. The number of aromatic nitrogens is 3. The Morgan fingerprint density at radius 1 is 1.29 bits per heavy atom. The molecule has 1 aliphatic rings. The number of H-pyrrole nitrogens is 1. The van der Waals surface area contributed by atoms with Gasteiger partial charge in [-0.1, -0.05) is 0 Å². The van der Waals surface area contributed by atoms with E-state index in [4.69, 9.17) is 0 Å². The van der Waals surface area contributed by atoms with Gasteiger partial charge in [-0.3, -0.25) is 14.7 Å². The van der Waals surface area contributed by atoms with Crippen molar-refractivity contribution in [1.82, 2.24) is 19.7 Å². The second-order valence-electron chi connectivity index (χ2n) is 7.46. The number of carbonyl (C=O) groups excluding carboxylic acids is 2. The number of aryl methyl sites for hydroxylation is 1. The Morgan fingerprint density at radius 3 is 2.79 bits per heavy atom. The molecule has 0 unspecified atom stereocenters. The summed E-state index contributed by atoms with van der Waals surface area (Å²) in [4.78, 5) is 29.5. The summed E-state index contributed by atoms with van der Waals surface area (Å²) in [5.41, 5.74) is 4.42. The Kier molecular flexibility index (Phi) is 4.45. The standard InChI is InChI=1S/C21H25N5O2/c1-5-24-13(2)8-18(15(24)4)21(28)25-12-20(27)26(11-14(25)3)17-7-6-16-10-22-23-19(16)9-17/h6-10,14H,5,11-12H2,1-4H3,(H,22,23)/t14-/m0/s1. The maximum absolute atomic E-state index is 13.2. The lowest BCUT2D eigenvalue weighted by molar-refractivity contribution is -0.121. The maximum atomic E-state index is 13.2. The van der Waals surface area contributed by atoms with Crippen molar-refractivity contribution >= 4 is 28.4 Å². The molecule has 1 atom stereocenters. The molecule has 2 amide bonds. The van der Waals surface area contributed by atoms with E-state index in [0.29, 0.717) is 12.1 Å². The summed E-state index contributed by atoms with van der Waals surface area (Å²) in [6.07, 6.45) is 1.76. The highest BCUT2D eigenvalue weighted by Crippen LogP contribution is 2.26. The van der Waals surface area contributed by atoms with Gasteiger partial charge in [-0.25, -0.2) is 0 Å². The van der Waals surface area contributed by atoms with Crippen LogP contribution in [0.3, 0.4) is 0 Å². The predicted molar refractivity (Wildman–Crippen MR) is 109 cm³/mol. The second kappa shape index (κ2) is 6.82. The molecule has 7 heteroatoms. The molecule has 1 aromatic carbocycles. The second-order valence-corrected chi connectivity index (χ2v) is 7.46. The van der Waals surface area contributed by atoms with Crippen molar-refractivity contribution in [3.05, 3.63) is 47.4 Å². The van der Waals surface area contributed by atoms with E-state index in [1.807, 2.05) is 45.0 Å². The van der Waals surface area contributed by atoms with E-state index in [1.54, 1.807) is 16.0 Å². The van der Waals surface area contributed by atoms with Gasteiger partial charge >= 0.3 is 0 Å². The number of hydrogen-bond donors (Lipinski definition) is 1. The van der Waals surface area contributed by atoms with Crippen molar-refractivity contribution in [2.24, 2.45) is 0 Å². The number of piperazine rings is 1. The zero-order chi connectivity index (χ0) is 20.0. The van der Waals surface area contributed by atoms with Crippen molar-refractivity contribution < 1.29 is 9.59 Å². The van der Waals surface area contributed by atoms with Gasteiger partial charge in [0.1, 0.15) is 6.54 Å². The molecule has 7 nitrogen and oxygen atoms in total. The van der Waals surface area contributed by atoms with Crippen LogP contribution in [0.4, 0.5) is 5.69 Å². The van der Waals surface area contributed by atoms with Crippen molar-refractivity contribution in [3.8, 4) is 0 Å². The molecule has 4 rings (SSSR count). The fourth-order valence-corrected chi connectivity index (χ4v) is 4.12. The number of anilines is 1. The Balaban J connectivity index is 1.58. The van der Waals surface area contributed by atoms with E-state index < -0.39 is 0 Å². The van der Waals surface area contributed by atoms with E-state index in [0.717, 1.165) is 34.5 Å². The monoisotopic (exact) mass is 379 g/mol. The van der Waals surface area contributed by atoms with Gasteiger partial charge in [0.2, 0.25) is 5.91 Å². The number of nitrogens with zero attached hydrogens (tertiary/aromatic N) is 4. The number of hydrogen-bond acceptors (Lipinski definition) is 3. The van der Waals surface area contributed by atoms with Crippen LogP contribution in [-0.2, 0) is 11.3 Å². The van der Waals surface area contributed by atoms with E-state index in [-0.39, 0.29) is 24.4 Å². The van der Waals surface area contributed by atoms with E-state index in [1.165, 1.54) is 0 Å². The maximum Gasteiger partial charge on any atom is 0.256 e. The molecule has 146 valence electrons. The Morgan fingerprint density at radius 2 is 2.07 bits per heavy atom. The minimum Gasteiger partial charge on any atom is -0.349 e. The van der Waals surface area contributed by atoms with Crippen LogP contribution in [0.15, 0.2) is 30.5 Å². The number of fused-ring (bicyclic) bond motifs is 1. The highest BCUT2D eigenvalue weighted by molar-refractivity contribution is 6.03. The van der Waals surface area contributed by atoms with Gasteiger partial charge in [0.15, 0.2) is 0 Å². The molecule has 1 saturated heterocycles. The van der Waals surface area contributed by atoms with Crippen LogP contribution in [0, 0.1) is 13.8 Å². The van der Waals surface area contributed by atoms with Crippen molar-refractivity contribution in [3.63, 3.8) is 0 Å². The van der Waals surface area contributed by atoms with Crippen LogP contribution in [0.2, 0.25) is 0 Å². The quantitative estimate of drug-likeness (QED) is 0.760. The van der Waals surface area contributed by atoms with Crippen LogP contribution in [0.25, 0.3) is 10.9 Å². The number of benzene rings is 1. The third-order valence-electron chi connectivity index (χ3n) is 5.70. The van der Waals surface area contributed by atoms with Gasteiger partial charge in [0.25, 0.3) is 5.91 Å². The summed E-state index contributed by atoms with van der Waals surface area (Å²) in [5.74, 6) is -0.146. The van der Waals surface area contributed by atoms with Crippen LogP contribution >= 0.6 is 0 Å². The van der Waals surface area contributed by atoms with Crippen LogP contribution in [-0.4, -0.2) is 50.6 Å². The first-order valence-corrected chi connectivity index (χ1v) is 9.62. The summed E-state index contributed by atoms with van der Waals surface area (Å²) in [5, 5.41) is 7.97. The molecule has 1 fully saturated rings. The molecular formula is C21H25N5O2. The summed E-state index contributed by atoms with van der Waals surface area (Å²) in [6.45, 7) is 9.40. The highest BCUT2D eigenvalue weighted by Gasteiger charge is 2.34. The zero-order valence-electron chi connectivity index (χ0n) is 16.7. The SMILES string of the molecule is CCn1c(C)cc(C(=O)N2CC(=O)N(c3ccc4cn[nH]c4c3)C[C@@H]2C)c1C. The molecule has 0 bridgehead atoms. The lowest BCUT2D eigenvalue weighted by Crippen LogP contribution is -2.57. The lowest BCUT2D eigenvalue weighted by Gasteiger charge is -2.39. The van der Waals surface area contributed by atoms with Crippen molar-refractivity contribution in [2.75, 3.05) is 18.0 Å². The average molecular weight is 379 g/mol. The molecule has 0 radical (unpaired) electrons. The van der Waals surface area contributed by atoms with E-state index in [2.05, 4.69) is 21.7 Å². The first-order chi connectivity index (χ1) is 13.4. The van der Waals surface area contributed by atoms with Gasteiger partial charge in [0, 0.05) is 41.6 Å². The molecule has 3 aromatic rings. The van der Waals surface area contributed by atoms with Gasteiger partial charge < -0.3 is 14.4 Å². The van der Waals surface area contributed by atoms with E-state index in [9.17, 15) is 9.59 Å². The van der Waals surface area contributed by atoms with E-state index >= 15 is 0 Å². The predicted octanol–water partition coefficient (Wildman–Crippen LogP) is 2.88. The molecule has 3 heterocycles. The highest BCUT2D eigenvalue weighted by atomic mass is 16.2. The number of carbonyl (C=O) groups is 2. The summed E-state index contributed by atoms with van der Waals surface area (Å²) >= 11 is 0. The first-order valence-electron chi connectivity index (χ1n) is 9.62. The van der Waals surface area contributed by atoms with Crippen LogP contribution in [0.1, 0.15) is 35.6 Å². The molecule has 28 heavy (non-hydrogen) atoms. The molecular weight excluding hydrogens is 354 g/mol. The molecule has 1 N–H and O–H groups in total. The number of rotatable bonds is 3. The average Bonchev–Trinajstić information content (AvgIpc) is 3.25. The third-order valence-corrected chi connectivity index (χ3v) is 5.70. The fourth-order valence-electron chi connectivity index (χ4n) is 4.12. The largest absolute Gasteiger partial charge is 0.349 e. The molecule has 0 saturated carbocycles. The van der Waals surface area contributed by atoms with Crippen molar-refractivity contribution in [2.45, 2.75) is 40.3 Å². The topological polar surface area (TPSA) is 74.2 Å². The molecule has 0 spiro atoms. The van der Waals surface area contributed by atoms with Crippen LogP contribution in [0.5, 0.6) is 0 Å². The lowest BCUT2D eigenvalue weighted by atomic mass is 10.1. The van der Waals surface area contributed by atoms with Crippen molar-refractivity contribution in [1.29, 1.82) is 0 Å². The van der Waals surface area contributed by atoms with Gasteiger partial charge in [-0.15, -0.1) is 0 Å². The van der Waals surface area contributed by atoms with Gasteiger partial charge in [-0.05, 0) is 52.0 Å². The smallest absolute Gasteiger partial charge is 0.256 e. The Bertz CT molecular complexity index is 1060. The fraction of sp³-hybridized carbons (Fsp3) is 0.381. The first kappa shape index (κ1) is 18.3. The summed E-state index contributed by atoms with van der Waals surface area (Å²) in [6, 6.07) is 7.65. The minimum atomic E-state index is -0.0765. The minimum absolute atomic E-state index is 0.0719. The summed E-state index contributed by atoms with van der Waals surface area (Å²) in [7, 11) is 0. The Hall–Kier alpha value is -3.09. The third kappa shape index (κ3) is 2.87. The molecule has 1 aliphatic heterocycles. The summed E-state index contributed by atoms with van der Waals surface area (Å²) < 4.78 is 2.12. The number of amides is 2. The number of aromatic amines is 1. The number of nitrogens with one attached hydrogen (secondary N) is 1. The van der Waals surface area contributed by atoms with Gasteiger partial charge in [0.05, 0.1) is 17.3 Å². The van der Waals surface area contributed by atoms with Crippen LogP contribution < -0.4 is 4.90 Å². The molecule has 2 aromatic heterocycles. The van der Waals surface area contributed by atoms with Gasteiger partial charge in [-0.2, -0.15) is 5.10 Å². The zero-order valence-corrected chi connectivity index (χ0v) is 16.7.